The number of rotatable bonds is 6. The van der Waals surface area contributed by atoms with Gasteiger partial charge in [-0.2, -0.15) is 0 Å². The van der Waals surface area contributed by atoms with E-state index >= 15 is 0 Å². The molecule has 0 saturated heterocycles. The molecule has 3 aromatic rings. The van der Waals surface area contributed by atoms with E-state index in [-0.39, 0.29) is 27.5 Å². The van der Waals surface area contributed by atoms with Gasteiger partial charge in [-0.25, -0.2) is 12.8 Å². The predicted molar refractivity (Wildman–Crippen MR) is 109 cm³/mol. The van der Waals surface area contributed by atoms with E-state index in [0.717, 1.165) is 6.07 Å². The molecule has 0 aliphatic carbocycles. The van der Waals surface area contributed by atoms with E-state index < -0.39 is 26.7 Å². The number of anilines is 2. The molecule has 0 aliphatic heterocycles. The summed E-state index contributed by atoms with van der Waals surface area (Å²) in [6.45, 7) is 1.57. The molecule has 2 N–H and O–H groups in total. The second-order valence-corrected chi connectivity index (χ2v) is 7.97. The summed E-state index contributed by atoms with van der Waals surface area (Å²) in [6.07, 6.45) is 0. The smallest absolute Gasteiger partial charge is 0.269 e. The number of hydrogen-bond donors (Lipinski definition) is 2. The molecule has 0 spiro atoms. The number of nitrogens with zero attached hydrogens (tertiary/aromatic N) is 1. The third-order valence-electron chi connectivity index (χ3n) is 4.19. The maximum atomic E-state index is 13.8. The highest BCUT2D eigenvalue weighted by Crippen LogP contribution is 2.24. The summed E-state index contributed by atoms with van der Waals surface area (Å²) < 4.78 is 41.5. The van der Waals surface area contributed by atoms with Crippen LogP contribution < -0.4 is 10.0 Å². The number of para-hydroxylation sites is 1. The van der Waals surface area contributed by atoms with Crippen LogP contribution in [-0.2, 0) is 10.0 Å². The lowest BCUT2D eigenvalue weighted by Gasteiger charge is -2.13. The number of carbonyl (C=O) groups excluding carboxylic acids is 1. The molecule has 30 heavy (non-hydrogen) atoms. The molecule has 0 fully saturated rings. The number of benzene rings is 3. The maximum Gasteiger partial charge on any atom is 0.269 e. The highest BCUT2D eigenvalue weighted by atomic mass is 32.2. The Morgan fingerprint density at radius 2 is 1.70 bits per heavy atom. The van der Waals surface area contributed by atoms with Gasteiger partial charge >= 0.3 is 0 Å². The standard InChI is InChI=1S/C20H16FN3O5S/c1-13-6-9-15(22-20(25)14-7-10-16(11-8-14)24(26)27)12-19(13)30(28,29)23-18-5-3-2-4-17(18)21/h2-12,23H,1H3,(H,22,25). The zero-order valence-corrected chi connectivity index (χ0v) is 16.4. The van der Waals surface area contributed by atoms with Gasteiger partial charge in [0.15, 0.2) is 0 Å². The van der Waals surface area contributed by atoms with Crippen LogP contribution >= 0.6 is 0 Å². The normalized spacial score (nSPS) is 11.0. The molecule has 0 unspecified atom stereocenters. The highest BCUT2D eigenvalue weighted by molar-refractivity contribution is 7.92. The fraction of sp³-hybridized carbons (Fsp3) is 0.0500. The summed E-state index contributed by atoms with van der Waals surface area (Å²) in [6, 6.07) is 14.6. The predicted octanol–water partition coefficient (Wildman–Crippen LogP) is 4.10. The van der Waals surface area contributed by atoms with Gasteiger partial charge in [-0.15, -0.1) is 0 Å². The first-order chi connectivity index (χ1) is 14.2. The fourth-order valence-electron chi connectivity index (χ4n) is 2.65. The molecule has 0 radical (unpaired) electrons. The van der Waals surface area contributed by atoms with E-state index in [4.69, 9.17) is 0 Å². The molecule has 3 aromatic carbocycles. The van der Waals surface area contributed by atoms with Gasteiger partial charge in [-0.3, -0.25) is 19.6 Å². The van der Waals surface area contributed by atoms with E-state index in [1.165, 1.54) is 60.7 Å². The number of carbonyl (C=O) groups is 1. The van der Waals surface area contributed by atoms with Gasteiger partial charge in [0.05, 0.1) is 15.5 Å². The average molecular weight is 429 g/mol. The molecule has 8 nitrogen and oxygen atoms in total. The average Bonchev–Trinajstić information content (AvgIpc) is 2.71. The minimum absolute atomic E-state index is 0.132. The highest BCUT2D eigenvalue weighted by Gasteiger charge is 2.20. The van der Waals surface area contributed by atoms with Gasteiger partial charge < -0.3 is 5.32 Å². The molecule has 0 aromatic heterocycles. The zero-order chi connectivity index (χ0) is 21.9. The molecule has 0 atom stereocenters. The minimum atomic E-state index is -4.12. The minimum Gasteiger partial charge on any atom is -0.322 e. The first-order valence-electron chi connectivity index (χ1n) is 8.61. The van der Waals surface area contributed by atoms with Crippen molar-refractivity contribution in [1.29, 1.82) is 0 Å². The van der Waals surface area contributed by atoms with E-state index in [1.54, 1.807) is 6.92 Å². The van der Waals surface area contributed by atoms with Crippen LogP contribution in [0.25, 0.3) is 0 Å². The quantitative estimate of drug-likeness (QED) is 0.452. The Labute approximate surface area is 171 Å². The molecule has 0 heterocycles. The number of aryl methyl sites for hydroxylation is 1. The monoisotopic (exact) mass is 429 g/mol. The van der Waals surface area contributed by atoms with Crippen LogP contribution in [0.3, 0.4) is 0 Å². The molecule has 10 heteroatoms. The second-order valence-electron chi connectivity index (χ2n) is 6.32. The molecule has 0 saturated carbocycles. The van der Waals surface area contributed by atoms with Crippen molar-refractivity contribution in [3.63, 3.8) is 0 Å². The van der Waals surface area contributed by atoms with Crippen LogP contribution in [0.2, 0.25) is 0 Å². The van der Waals surface area contributed by atoms with Crippen molar-refractivity contribution in [1.82, 2.24) is 0 Å². The van der Waals surface area contributed by atoms with Gasteiger partial charge in [0.2, 0.25) is 0 Å². The lowest BCUT2D eigenvalue weighted by atomic mass is 10.2. The Kier molecular flexibility index (Phi) is 5.79. The van der Waals surface area contributed by atoms with E-state index in [2.05, 4.69) is 10.0 Å². The number of non-ortho nitro benzene ring substituents is 1. The Hall–Kier alpha value is -3.79. The van der Waals surface area contributed by atoms with Crippen molar-refractivity contribution in [2.45, 2.75) is 11.8 Å². The van der Waals surface area contributed by atoms with Crippen LogP contribution in [0.15, 0.2) is 71.6 Å². The van der Waals surface area contributed by atoms with Crippen LogP contribution in [0.1, 0.15) is 15.9 Å². The number of hydrogen-bond acceptors (Lipinski definition) is 5. The Balaban J connectivity index is 1.85. The number of nitrogens with one attached hydrogen (secondary N) is 2. The fourth-order valence-corrected chi connectivity index (χ4v) is 3.99. The van der Waals surface area contributed by atoms with Crippen LogP contribution in [0.4, 0.5) is 21.5 Å². The lowest BCUT2D eigenvalue weighted by molar-refractivity contribution is -0.384. The Morgan fingerprint density at radius 3 is 2.33 bits per heavy atom. The number of amides is 1. The SMILES string of the molecule is Cc1ccc(NC(=O)c2ccc([N+](=O)[O-])cc2)cc1S(=O)(=O)Nc1ccccc1F. The van der Waals surface area contributed by atoms with E-state index in [9.17, 15) is 27.7 Å². The molecular formula is C20H16FN3O5S. The molecule has 3 rings (SSSR count). The molecule has 0 bridgehead atoms. The van der Waals surface area contributed by atoms with Gasteiger partial charge in [-0.1, -0.05) is 18.2 Å². The van der Waals surface area contributed by atoms with Crippen molar-refractivity contribution in [3.05, 3.63) is 93.8 Å². The molecule has 154 valence electrons. The van der Waals surface area contributed by atoms with Crippen molar-refractivity contribution >= 4 is 33.0 Å². The summed E-state index contributed by atoms with van der Waals surface area (Å²) in [7, 11) is -4.12. The lowest BCUT2D eigenvalue weighted by Crippen LogP contribution is -2.17. The molecular weight excluding hydrogens is 413 g/mol. The Morgan fingerprint density at radius 1 is 1.03 bits per heavy atom. The van der Waals surface area contributed by atoms with Crippen molar-refractivity contribution in [3.8, 4) is 0 Å². The second kappa shape index (κ2) is 8.29. The van der Waals surface area contributed by atoms with Crippen molar-refractivity contribution in [2.24, 2.45) is 0 Å². The zero-order valence-electron chi connectivity index (χ0n) is 15.6. The first kappa shape index (κ1) is 20.9. The number of sulfonamides is 1. The summed E-state index contributed by atoms with van der Waals surface area (Å²) in [5, 5.41) is 13.3. The molecule has 1 amide bonds. The van der Waals surface area contributed by atoms with Crippen LogP contribution in [0, 0.1) is 22.9 Å². The summed E-state index contributed by atoms with van der Waals surface area (Å²) in [5.74, 6) is -1.29. The van der Waals surface area contributed by atoms with Gasteiger partial charge in [-0.05, 0) is 48.9 Å². The van der Waals surface area contributed by atoms with E-state index in [0.29, 0.717) is 5.56 Å². The third kappa shape index (κ3) is 4.61. The van der Waals surface area contributed by atoms with E-state index in [1.807, 2.05) is 0 Å². The largest absolute Gasteiger partial charge is 0.322 e. The van der Waals surface area contributed by atoms with Crippen LogP contribution in [-0.4, -0.2) is 19.2 Å². The maximum absolute atomic E-state index is 13.8. The number of halogens is 1. The first-order valence-corrected chi connectivity index (χ1v) is 10.1. The number of nitro benzene ring substituents is 1. The van der Waals surface area contributed by atoms with Gasteiger partial charge in [0, 0.05) is 23.4 Å². The van der Waals surface area contributed by atoms with Gasteiger partial charge in [0.1, 0.15) is 5.82 Å². The van der Waals surface area contributed by atoms with Gasteiger partial charge in [0.25, 0.3) is 21.6 Å². The van der Waals surface area contributed by atoms with Crippen molar-refractivity contribution in [2.75, 3.05) is 10.0 Å². The third-order valence-corrected chi connectivity index (χ3v) is 5.70. The van der Waals surface area contributed by atoms with Crippen molar-refractivity contribution < 1.29 is 22.5 Å². The van der Waals surface area contributed by atoms with Crippen LogP contribution in [0.5, 0.6) is 0 Å². The molecule has 0 aliphatic rings. The summed E-state index contributed by atoms with van der Waals surface area (Å²) >= 11 is 0. The Bertz CT molecular complexity index is 1230. The topological polar surface area (TPSA) is 118 Å². The summed E-state index contributed by atoms with van der Waals surface area (Å²) in [4.78, 5) is 22.4. The number of nitro groups is 1. The summed E-state index contributed by atoms with van der Waals surface area (Å²) in [5.41, 5.74) is 0.395.